The standard InChI is InChI=1S/C27H30O2/c1-24(2,3)20-16-19-22(28)26(5)21(23(29)25(19,20)4)27(26,17-12-8-6-9-13-17)18-14-10-7-11-15-18/h6-15,19-21H,16H2,1-5H3/t19-,20-,21+,25+,26+/m0/s1. The molecule has 0 aromatic heterocycles. The summed E-state index contributed by atoms with van der Waals surface area (Å²) in [4.78, 5) is 28.2. The first-order valence-corrected chi connectivity index (χ1v) is 10.8. The van der Waals surface area contributed by atoms with E-state index in [1.165, 1.54) is 0 Å². The molecule has 5 atom stereocenters. The quantitative estimate of drug-likeness (QED) is 0.688. The molecule has 3 fully saturated rings. The van der Waals surface area contributed by atoms with E-state index >= 15 is 0 Å². The predicted octanol–water partition coefficient (Wildman–Crippen LogP) is 5.45. The molecule has 3 aliphatic rings. The lowest BCUT2D eigenvalue weighted by Crippen LogP contribution is -2.63. The minimum atomic E-state index is -0.653. The minimum Gasteiger partial charge on any atom is -0.299 e. The van der Waals surface area contributed by atoms with Gasteiger partial charge in [-0.1, -0.05) is 95.3 Å². The molecule has 0 amide bonds. The Morgan fingerprint density at radius 3 is 1.72 bits per heavy atom. The zero-order valence-corrected chi connectivity index (χ0v) is 18.0. The van der Waals surface area contributed by atoms with Crippen molar-refractivity contribution < 1.29 is 9.59 Å². The molecular weight excluding hydrogens is 356 g/mol. The largest absolute Gasteiger partial charge is 0.299 e. The second-order valence-corrected chi connectivity index (χ2v) is 10.9. The van der Waals surface area contributed by atoms with Gasteiger partial charge in [-0.05, 0) is 28.9 Å². The molecule has 0 radical (unpaired) electrons. The fourth-order valence-corrected chi connectivity index (χ4v) is 7.37. The van der Waals surface area contributed by atoms with Crippen LogP contribution in [-0.4, -0.2) is 11.6 Å². The third kappa shape index (κ3) is 1.94. The van der Waals surface area contributed by atoms with E-state index in [2.05, 4.69) is 58.9 Å². The smallest absolute Gasteiger partial charge is 0.145 e. The molecule has 150 valence electrons. The Kier molecular flexibility index (Phi) is 3.55. The lowest BCUT2D eigenvalue weighted by molar-refractivity contribution is -0.177. The molecule has 0 spiro atoms. The Bertz CT molecular complexity index is 960. The summed E-state index contributed by atoms with van der Waals surface area (Å²) in [7, 11) is 0. The van der Waals surface area contributed by atoms with Crippen molar-refractivity contribution in [1.29, 1.82) is 0 Å². The molecule has 2 aromatic rings. The van der Waals surface area contributed by atoms with Gasteiger partial charge in [-0.2, -0.15) is 0 Å². The van der Waals surface area contributed by atoms with Crippen molar-refractivity contribution in [1.82, 2.24) is 0 Å². The highest BCUT2D eigenvalue weighted by Crippen LogP contribution is 2.81. The molecule has 0 unspecified atom stereocenters. The number of benzene rings is 2. The van der Waals surface area contributed by atoms with Gasteiger partial charge in [0.05, 0.1) is 5.41 Å². The highest BCUT2D eigenvalue weighted by molar-refractivity contribution is 6.13. The Morgan fingerprint density at radius 1 is 0.793 bits per heavy atom. The average Bonchev–Trinajstić information content (AvgIpc) is 3.28. The van der Waals surface area contributed by atoms with Crippen molar-refractivity contribution in [2.45, 2.75) is 46.5 Å². The molecule has 0 bridgehead atoms. The van der Waals surface area contributed by atoms with Crippen LogP contribution in [-0.2, 0) is 15.0 Å². The summed E-state index contributed by atoms with van der Waals surface area (Å²) in [5.74, 6) is 0.445. The van der Waals surface area contributed by atoms with Crippen LogP contribution >= 0.6 is 0 Å². The van der Waals surface area contributed by atoms with Gasteiger partial charge < -0.3 is 0 Å². The number of hydrogen-bond donors (Lipinski definition) is 0. The van der Waals surface area contributed by atoms with Gasteiger partial charge in [0, 0.05) is 22.7 Å². The first-order chi connectivity index (χ1) is 13.6. The van der Waals surface area contributed by atoms with Crippen LogP contribution < -0.4 is 0 Å². The number of hydrogen-bond acceptors (Lipinski definition) is 2. The van der Waals surface area contributed by atoms with Crippen molar-refractivity contribution in [2.24, 2.45) is 34.0 Å². The highest BCUT2D eigenvalue weighted by atomic mass is 16.2. The van der Waals surface area contributed by atoms with Gasteiger partial charge in [0.25, 0.3) is 0 Å². The molecule has 0 saturated heterocycles. The van der Waals surface area contributed by atoms with E-state index in [9.17, 15) is 9.59 Å². The van der Waals surface area contributed by atoms with Crippen LogP contribution in [0.4, 0.5) is 0 Å². The van der Waals surface area contributed by atoms with Gasteiger partial charge in [0.15, 0.2) is 0 Å². The Labute approximate surface area is 173 Å². The van der Waals surface area contributed by atoms with E-state index in [1.807, 2.05) is 36.4 Å². The first kappa shape index (κ1) is 18.8. The molecule has 0 aliphatic heterocycles. The molecule has 2 aromatic carbocycles. The second kappa shape index (κ2) is 5.47. The van der Waals surface area contributed by atoms with Gasteiger partial charge in [-0.15, -0.1) is 0 Å². The lowest BCUT2D eigenvalue weighted by atomic mass is 9.41. The van der Waals surface area contributed by atoms with E-state index < -0.39 is 16.2 Å². The normalized spacial score (nSPS) is 37.3. The summed E-state index contributed by atoms with van der Waals surface area (Å²) in [6.45, 7) is 10.8. The third-order valence-corrected chi connectivity index (χ3v) is 8.79. The van der Waals surface area contributed by atoms with E-state index in [0.717, 1.165) is 17.5 Å². The Balaban J connectivity index is 1.73. The second-order valence-electron chi connectivity index (χ2n) is 10.9. The third-order valence-electron chi connectivity index (χ3n) is 8.79. The van der Waals surface area contributed by atoms with Gasteiger partial charge in [-0.3, -0.25) is 9.59 Å². The number of Topliss-reactive ketones (excluding diaryl/α,β-unsaturated/α-hetero) is 2. The summed E-state index contributed by atoms with van der Waals surface area (Å²) in [5, 5.41) is 0. The van der Waals surface area contributed by atoms with Gasteiger partial charge in [-0.25, -0.2) is 0 Å². The molecule has 2 heteroatoms. The fourth-order valence-electron chi connectivity index (χ4n) is 7.37. The van der Waals surface area contributed by atoms with E-state index in [1.54, 1.807) is 0 Å². The number of carbonyl (C=O) groups is 2. The highest BCUT2D eigenvalue weighted by Gasteiger charge is 2.88. The lowest BCUT2D eigenvalue weighted by Gasteiger charge is -2.59. The summed E-state index contributed by atoms with van der Waals surface area (Å²) in [5.41, 5.74) is 0.471. The van der Waals surface area contributed by atoms with Crippen LogP contribution in [0.5, 0.6) is 0 Å². The molecule has 3 saturated carbocycles. The summed E-state index contributed by atoms with van der Waals surface area (Å²) >= 11 is 0. The summed E-state index contributed by atoms with van der Waals surface area (Å²) in [6.07, 6.45) is 0.840. The zero-order chi connectivity index (χ0) is 20.8. The maximum absolute atomic E-state index is 14.2. The summed E-state index contributed by atoms with van der Waals surface area (Å²) < 4.78 is 0. The van der Waals surface area contributed by atoms with Crippen LogP contribution in [0.2, 0.25) is 0 Å². The topological polar surface area (TPSA) is 34.1 Å². The van der Waals surface area contributed by atoms with E-state index in [0.29, 0.717) is 11.6 Å². The van der Waals surface area contributed by atoms with Gasteiger partial charge in [0.1, 0.15) is 11.6 Å². The maximum Gasteiger partial charge on any atom is 0.145 e. The zero-order valence-electron chi connectivity index (χ0n) is 18.0. The molecule has 3 aliphatic carbocycles. The van der Waals surface area contributed by atoms with Crippen LogP contribution in [0, 0.1) is 34.0 Å². The van der Waals surface area contributed by atoms with Crippen molar-refractivity contribution >= 4 is 11.6 Å². The fraction of sp³-hybridized carbons (Fsp3) is 0.481. The van der Waals surface area contributed by atoms with Crippen LogP contribution in [0.25, 0.3) is 0 Å². The van der Waals surface area contributed by atoms with Crippen molar-refractivity contribution in [3.63, 3.8) is 0 Å². The number of fused-ring (bicyclic) bond motifs is 2. The van der Waals surface area contributed by atoms with Crippen LogP contribution in [0.15, 0.2) is 60.7 Å². The number of ketones is 2. The molecule has 2 nitrogen and oxygen atoms in total. The van der Waals surface area contributed by atoms with E-state index in [-0.39, 0.29) is 23.2 Å². The van der Waals surface area contributed by atoms with Gasteiger partial charge >= 0.3 is 0 Å². The molecule has 0 heterocycles. The van der Waals surface area contributed by atoms with Crippen molar-refractivity contribution in [3.05, 3.63) is 71.8 Å². The molecule has 0 N–H and O–H groups in total. The van der Waals surface area contributed by atoms with Crippen LogP contribution in [0.1, 0.15) is 52.2 Å². The monoisotopic (exact) mass is 386 g/mol. The summed E-state index contributed by atoms with van der Waals surface area (Å²) in [6, 6.07) is 20.5. The minimum absolute atomic E-state index is 0.0198. The SMILES string of the molecule is CC(C)(C)[C@@H]1C[C@H]2C(=O)[C@@]3(C)[C@@H](C(=O)[C@]21C)C3(c1ccccc1)c1ccccc1. The predicted molar refractivity (Wildman–Crippen MR) is 114 cm³/mol. The van der Waals surface area contributed by atoms with Gasteiger partial charge in [0.2, 0.25) is 0 Å². The maximum atomic E-state index is 14.2. The average molecular weight is 387 g/mol. The van der Waals surface area contributed by atoms with Crippen molar-refractivity contribution in [3.8, 4) is 0 Å². The Morgan fingerprint density at radius 2 is 1.28 bits per heavy atom. The molecular formula is C27H30O2. The van der Waals surface area contributed by atoms with Crippen LogP contribution in [0.3, 0.4) is 0 Å². The number of carbonyl (C=O) groups excluding carboxylic acids is 2. The molecule has 5 rings (SSSR count). The van der Waals surface area contributed by atoms with Crippen molar-refractivity contribution in [2.75, 3.05) is 0 Å². The number of rotatable bonds is 2. The van der Waals surface area contributed by atoms with E-state index in [4.69, 9.17) is 0 Å². The Hall–Kier alpha value is -2.22. The first-order valence-electron chi connectivity index (χ1n) is 10.8. The molecule has 29 heavy (non-hydrogen) atoms.